The number of amides is 2. The Bertz CT molecular complexity index is 1330. The Morgan fingerprint density at radius 1 is 1.24 bits per heavy atom. The van der Waals surface area contributed by atoms with E-state index < -0.39 is 11.4 Å². The smallest absolute Gasteiger partial charge is 0.266 e. The number of pyridine rings is 1. The second-order valence-corrected chi connectivity index (χ2v) is 7.96. The molecule has 1 saturated heterocycles. The summed E-state index contributed by atoms with van der Waals surface area (Å²) in [5.74, 6) is 0.458. The first kappa shape index (κ1) is 20.4. The molecular weight excluding hydrogens is 424 g/mol. The van der Waals surface area contributed by atoms with E-state index in [1.165, 1.54) is 6.07 Å². The molecule has 1 fully saturated rings. The Hall–Kier alpha value is -4.48. The fourth-order valence-corrected chi connectivity index (χ4v) is 3.98. The Morgan fingerprint density at radius 2 is 2.12 bits per heavy atom. The molecule has 0 saturated carbocycles. The predicted molar refractivity (Wildman–Crippen MR) is 121 cm³/mol. The van der Waals surface area contributed by atoms with E-state index in [2.05, 4.69) is 30.8 Å². The molecule has 1 unspecified atom stereocenters. The number of nitrogens with zero attached hydrogens (tertiary/aromatic N) is 6. The summed E-state index contributed by atoms with van der Waals surface area (Å²) in [6.45, 7) is 2.51. The number of nitrogens with one attached hydrogen (secondary N) is 3. The van der Waals surface area contributed by atoms with Crippen LogP contribution in [0.4, 0.5) is 23.4 Å². The lowest BCUT2D eigenvalue weighted by Gasteiger charge is -2.34. The number of fused-ring (bicyclic) bond motifs is 1. The van der Waals surface area contributed by atoms with Gasteiger partial charge in [-0.1, -0.05) is 0 Å². The van der Waals surface area contributed by atoms with Crippen LogP contribution in [0.5, 0.6) is 0 Å². The molecule has 4 aromatic heterocycles. The topological polar surface area (TPSA) is 159 Å². The third kappa shape index (κ3) is 3.71. The number of H-pyrrole nitrogens is 1. The van der Waals surface area contributed by atoms with Gasteiger partial charge >= 0.3 is 0 Å². The minimum absolute atomic E-state index is 0.153. The monoisotopic (exact) mass is 446 g/mol. The zero-order valence-electron chi connectivity index (χ0n) is 17.8. The summed E-state index contributed by atoms with van der Waals surface area (Å²) in [6.07, 6.45) is 6.53. The quantitative estimate of drug-likeness (QED) is 0.348. The van der Waals surface area contributed by atoms with Crippen molar-refractivity contribution in [3.05, 3.63) is 54.6 Å². The number of aromatic amines is 1. The number of aromatic nitrogens is 6. The van der Waals surface area contributed by atoms with E-state index in [1.807, 2.05) is 24.0 Å². The summed E-state index contributed by atoms with van der Waals surface area (Å²) < 4.78 is 1.76. The Labute approximate surface area is 188 Å². The number of hydrogen-bond acceptors (Lipinski definition) is 8. The highest BCUT2D eigenvalue weighted by molar-refractivity contribution is 6.00. The Kier molecular flexibility index (Phi) is 4.89. The maximum Gasteiger partial charge on any atom is 0.266 e. The Balaban J connectivity index is 1.48. The van der Waals surface area contributed by atoms with E-state index in [0.717, 1.165) is 6.42 Å². The zero-order chi connectivity index (χ0) is 23.0. The van der Waals surface area contributed by atoms with Crippen LogP contribution in [0.2, 0.25) is 0 Å². The average Bonchev–Trinajstić information content (AvgIpc) is 3.54. The minimum atomic E-state index is -0.844. The van der Waals surface area contributed by atoms with Gasteiger partial charge in [0, 0.05) is 25.0 Å². The van der Waals surface area contributed by atoms with Crippen molar-refractivity contribution in [2.45, 2.75) is 25.3 Å². The van der Waals surface area contributed by atoms with E-state index in [0.29, 0.717) is 42.0 Å². The fraction of sp³-hybridized carbons (Fsp3) is 0.238. The van der Waals surface area contributed by atoms with Gasteiger partial charge in [-0.15, -0.1) is 0 Å². The van der Waals surface area contributed by atoms with Gasteiger partial charge < -0.3 is 21.3 Å². The van der Waals surface area contributed by atoms with Gasteiger partial charge in [0.05, 0.1) is 11.9 Å². The van der Waals surface area contributed by atoms with Gasteiger partial charge in [-0.2, -0.15) is 15.1 Å². The first-order chi connectivity index (χ1) is 15.9. The summed E-state index contributed by atoms with van der Waals surface area (Å²) >= 11 is 0. The van der Waals surface area contributed by atoms with Crippen molar-refractivity contribution in [1.29, 1.82) is 0 Å². The highest BCUT2D eigenvalue weighted by Gasteiger charge is 2.45. The van der Waals surface area contributed by atoms with Crippen molar-refractivity contribution in [1.82, 2.24) is 29.5 Å². The van der Waals surface area contributed by atoms with Crippen LogP contribution >= 0.6 is 0 Å². The molecule has 5 heterocycles. The molecule has 12 heteroatoms. The molecule has 5 N–H and O–H groups in total. The van der Waals surface area contributed by atoms with Crippen molar-refractivity contribution in [2.75, 3.05) is 22.1 Å². The lowest BCUT2D eigenvalue weighted by atomic mass is 9.97. The zero-order valence-corrected chi connectivity index (χ0v) is 17.8. The molecule has 1 aliphatic heterocycles. The van der Waals surface area contributed by atoms with Gasteiger partial charge in [0.25, 0.3) is 5.91 Å². The molecule has 33 heavy (non-hydrogen) atoms. The largest absolute Gasteiger partial charge is 0.364 e. The first-order valence-corrected chi connectivity index (χ1v) is 10.4. The predicted octanol–water partition coefficient (Wildman–Crippen LogP) is 1.69. The lowest BCUT2D eigenvalue weighted by Crippen LogP contribution is -2.51. The maximum absolute atomic E-state index is 13.3. The Morgan fingerprint density at radius 3 is 2.88 bits per heavy atom. The normalized spacial score (nSPS) is 17.9. The molecule has 0 aliphatic carbocycles. The second kappa shape index (κ2) is 7.89. The van der Waals surface area contributed by atoms with Crippen LogP contribution < -0.4 is 21.3 Å². The van der Waals surface area contributed by atoms with Crippen molar-refractivity contribution in [3.63, 3.8) is 0 Å². The van der Waals surface area contributed by atoms with Crippen LogP contribution in [0.1, 0.15) is 30.3 Å². The van der Waals surface area contributed by atoms with Crippen molar-refractivity contribution < 1.29 is 9.59 Å². The number of rotatable bonds is 6. The summed E-state index contributed by atoms with van der Waals surface area (Å²) in [5, 5.41) is 12.7. The van der Waals surface area contributed by atoms with Crippen molar-refractivity contribution in [3.8, 4) is 0 Å². The highest BCUT2D eigenvalue weighted by Crippen LogP contribution is 2.34. The van der Waals surface area contributed by atoms with Crippen LogP contribution in [0, 0.1) is 0 Å². The molecule has 0 spiro atoms. The average molecular weight is 446 g/mol. The summed E-state index contributed by atoms with van der Waals surface area (Å²) in [4.78, 5) is 40.0. The molecule has 2 amide bonds. The third-order valence-electron chi connectivity index (χ3n) is 5.75. The molecule has 5 rings (SSSR count). The molecule has 0 radical (unpaired) electrons. The van der Waals surface area contributed by atoms with E-state index in [-0.39, 0.29) is 11.6 Å². The molecule has 168 valence electrons. The standard InChI is InChI=1S/C21H22N10O2/c1-21(18(33)24-13-5-2-8-23-12-13)7-4-10-31(21)20-26-16-6-3-9-30(16)19(27-20)25-15-11-14(17(22)32)28-29-15/h2-3,5-6,8-9,11-12H,4,7,10H2,1H3,(H2,22,32)(H,24,33)(H2,25,26,27,28,29). The van der Waals surface area contributed by atoms with E-state index >= 15 is 0 Å². The number of carbonyl (C=O) groups is 2. The molecule has 0 bridgehead atoms. The molecule has 4 aromatic rings. The number of primary amides is 1. The molecule has 0 aromatic carbocycles. The molecule has 1 aliphatic rings. The van der Waals surface area contributed by atoms with E-state index in [1.54, 1.807) is 35.1 Å². The number of nitrogens with two attached hydrogens (primary N) is 1. The summed E-state index contributed by atoms with van der Waals surface area (Å²) in [6, 6.07) is 8.75. The van der Waals surface area contributed by atoms with Gasteiger partial charge in [0.1, 0.15) is 16.9 Å². The fourth-order valence-electron chi connectivity index (χ4n) is 3.98. The molecule has 12 nitrogen and oxygen atoms in total. The maximum atomic E-state index is 13.3. The third-order valence-corrected chi connectivity index (χ3v) is 5.75. The van der Waals surface area contributed by atoms with Crippen LogP contribution in [0.25, 0.3) is 5.65 Å². The van der Waals surface area contributed by atoms with E-state index in [9.17, 15) is 9.59 Å². The number of carbonyl (C=O) groups excluding carboxylic acids is 2. The first-order valence-electron chi connectivity index (χ1n) is 10.4. The lowest BCUT2D eigenvalue weighted by molar-refractivity contribution is -0.120. The van der Waals surface area contributed by atoms with Gasteiger partial charge in [0.2, 0.25) is 17.8 Å². The van der Waals surface area contributed by atoms with Crippen molar-refractivity contribution >= 4 is 40.9 Å². The van der Waals surface area contributed by atoms with Crippen LogP contribution in [0.3, 0.4) is 0 Å². The van der Waals surface area contributed by atoms with Gasteiger partial charge in [-0.05, 0) is 44.0 Å². The van der Waals surface area contributed by atoms with Crippen molar-refractivity contribution in [2.24, 2.45) is 5.73 Å². The van der Waals surface area contributed by atoms with Crippen LogP contribution in [-0.4, -0.2) is 53.4 Å². The summed E-state index contributed by atoms with van der Waals surface area (Å²) in [5.41, 5.74) is 5.91. The minimum Gasteiger partial charge on any atom is -0.364 e. The number of anilines is 4. The highest BCUT2D eigenvalue weighted by atomic mass is 16.2. The molecule has 1 atom stereocenters. The van der Waals surface area contributed by atoms with Gasteiger partial charge in [-0.25, -0.2) is 0 Å². The van der Waals surface area contributed by atoms with Gasteiger partial charge in [0.15, 0.2) is 5.82 Å². The molecular formula is C21H22N10O2. The van der Waals surface area contributed by atoms with Crippen LogP contribution in [-0.2, 0) is 4.79 Å². The summed E-state index contributed by atoms with van der Waals surface area (Å²) in [7, 11) is 0. The van der Waals surface area contributed by atoms with Gasteiger partial charge in [-0.3, -0.25) is 24.1 Å². The second-order valence-electron chi connectivity index (χ2n) is 7.96. The SMILES string of the molecule is CC1(C(=O)Nc2cccnc2)CCCN1c1nc(Nc2cc(C(N)=O)[nH]n2)n2cccc2n1. The van der Waals surface area contributed by atoms with Crippen LogP contribution in [0.15, 0.2) is 48.9 Å². The van der Waals surface area contributed by atoms with E-state index in [4.69, 9.17) is 10.7 Å². The number of hydrogen-bond donors (Lipinski definition) is 4.